The molecule has 212 valence electrons. The maximum atomic E-state index is 14.1. The number of carbonyl (C=O) groups excluding carboxylic acids is 5. The van der Waals surface area contributed by atoms with E-state index in [9.17, 15) is 24.0 Å². The smallest absolute Gasteiger partial charge is 0.315 e. The zero-order chi connectivity index (χ0) is 28.0. The summed E-state index contributed by atoms with van der Waals surface area (Å²) in [4.78, 5) is 66.5. The van der Waals surface area contributed by atoms with Crippen LogP contribution in [0, 0.1) is 29.1 Å². The first-order valence-electron chi connectivity index (χ1n) is 14.2. The molecule has 0 aromatic carbocycles. The Labute approximate surface area is 225 Å². The zero-order valence-corrected chi connectivity index (χ0v) is 23.5. The van der Waals surface area contributed by atoms with Crippen molar-refractivity contribution in [2.45, 2.75) is 110 Å². The average Bonchev–Trinajstić information content (AvgIpc) is 3.68. The first-order chi connectivity index (χ1) is 17.7. The molecule has 10 heteroatoms. The van der Waals surface area contributed by atoms with Crippen LogP contribution in [0.4, 0.5) is 4.79 Å². The number of urea groups is 1. The predicted molar refractivity (Wildman–Crippen MR) is 142 cm³/mol. The van der Waals surface area contributed by atoms with Crippen LogP contribution < -0.4 is 21.7 Å². The van der Waals surface area contributed by atoms with Gasteiger partial charge < -0.3 is 26.6 Å². The van der Waals surface area contributed by atoms with Gasteiger partial charge in [0.2, 0.25) is 17.6 Å². The molecule has 0 aromatic heterocycles. The van der Waals surface area contributed by atoms with Gasteiger partial charge in [-0.2, -0.15) is 0 Å². The number of hydrogen-bond acceptors (Lipinski definition) is 5. The molecule has 38 heavy (non-hydrogen) atoms. The van der Waals surface area contributed by atoms with Gasteiger partial charge in [0, 0.05) is 12.1 Å². The van der Waals surface area contributed by atoms with E-state index in [4.69, 9.17) is 5.73 Å². The molecule has 3 aliphatic carbocycles. The van der Waals surface area contributed by atoms with Gasteiger partial charge in [0.1, 0.15) is 12.1 Å². The van der Waals surface area contributed by atoms with E-state index < -0.39 is 47.3 Å². The van der Waals surface area contributed by atoms with Crippen LogP contribution in [-0.2, 0) is 19.2 Å². The molecule has 4 aliphatic rings. The van der Waals surface area contributed by atoms with Crippen molar-refractivity contribution in [1.29, 1.82) is 0 Å². The van der Waals surface area contributed by atoms with E-state index in [-0.39, 0.29) is 35.0 Å². The zero-order valence-electron chi connectivity index (χ0n) is 23.5. The minimum atomic E-state index is -1.06. The second-order valence-electron chi connectivity index (χ2n) is 13.6. The topological polar surface area (TPSA) is 151 Å². The fourth-order valence-electron chi connectivity index (χ4n) is 6.71. The summed E-state index contributed by atoms with van der Waals surface area (Å²) in [5.74, 6) is -2.13. The highest BCUT2D eigenvalue weighted by atomic mass is 16.2. The van der Waals surface area contributed by atoms with Crippen LogP contribution in [0.15, 0.2) is 0 Å². The van der Waals surface area contributed by atoms with Gasteiger partial charge in [-0.3, -0.25) is 19.2 Å². The van der Waals surface area contributed by atoms with Crippen LogP contribution in [0.25, 0.3) is 0 Å². The van der Waals surface area contributed by atoms with Gasteiger partial charge in [0.05, 0.1) is 6.04 Å². The highest BCUT2D eigenvalue weighted by Gasteiger charge is 2.69. The Bertz CT molecular complexity index is 979. The van der Waals surface area contributed by atoms with Crippen LogP contribution in [0.1, 0.15) is 86.0 Å². The minimum absolute atomic E-state index is 0.00493. The number of rotatable bonds is 9. The first-order valence-corrected chi connectivity index (χ1v) is 14.2. The molecule has 4 fully saturated rings. The van der Waals surface area contributed by atoms with E-state index >= 15 is 0 Å². The number of nitrogens with two attached hydrogens (primary N) is 1. The Balaban J connectivity index is 1.55. The number of nitrogens with zero attached hydrogens (tertiary/aromatic N) is 1. The number of piperidine rings is 1. The number of fused-ring (bicyclic) bond motifs is 1. The molecule has 1 aliphatic heterocycles. The number of carbonyl (C=O) groups is 5. The molecule has 0 spiro atoms. The third kappa shape index (κ3) is 6.15. The number of nitrogens with one attached hydrogen (secondary N) is 3. The molecule has 3 saturated carbocycles. The third-order valence-electron chi connectivity index (χ3n) is 9.06. The second-order valence-corrected chi connectivity index (χ2v) is 13.6. The van der Waals surface area contributed by atoms with Crippen molar-refractivity contribution >= 4 is 29.5 Å². The Morgan fingerprint density at radius 2 is 1.61 bits per heavy atom. The lowest BCUT2D eigenvalue weighted by Gasteiger charge is -2.37. The van der Waals surface area contributed by atoms with Crippen molar-refractivity contribution in [3.05, 3.63) is 0 Å². The summed E-state index contributed by atoms with van der Waals surface area (Å²) in [6, 6.07) is -2.87. The lowest BCUT2D eigenvalue weighted by molar-refractivity contribution is -0.144. The maximum Gasteiger partial charge on any atom is 0.315 e. The van der Waals surface area contributed by atoms with Crippen LogP contribution in [-0.4, -0.2) is 64.6 Å². The summed E-state index contributed by atoms with van der Waals surface area (Å²) < 4.78 is 0. The lowest BCUT2D eigenvalue weighted by Crippen LogP contribution is -2.61. The molecule has 0 aromatic rings. The van der Waals surface area contributed by atoms with Crippen LogP contribution in [0.5, 0.6) is 0 Å². The van der Waals surface area contributed by atoms with Crippen LogP contribution in [0.2, 0.25) is 0 Å². The fraction of sp³-hybridized carbons (Fsp3) is 0.821. The van der Waals surface area contributed by atoms with E-state index in [0.717, 1.165) is 44.9 Å². The maximum absolute atomic E-state index is 14.1. The van der Waals surface area contributed by atoms with Gasteiger partial charge in [-0.05, 0) is 69.1 Å². The fourth-order valence-corrected chi connectivity index (χ4v) is 6.71. The molecule has 0 radical (unpaired) electrons. The van der Waals surface area contributed by atoms with Gasteiger partial charge in [-0.15, -0.1) is 0 Å². The van der Waals surface area contributed by atoms with Crippen molar-refractivity contribution in [1.82, 2.24) is 20.9 Å². The highest BCUT2D eigenvalue weighted by molar-refractivity contribution is 6.37. The van der Waals surface area contributed by atoms with Crippen molar-refractivity contribution in [2.24, 2.45) is 34.8 Å². The van der Waals surface area contributed by atoms with E-state index in [1.165, 1.54) is 0 Å². The normalized spacial score (nSPS) is 28.0. The molecule has 1 heterocycles. The molecule has 1 saturated heterocycles. The number of ketones is 1. The molecule has 2 unspecified atom stereocenters. The summed E-state index contributed by atoms with van der Waals surface area (Å²) in [5, 5.41) is 8.64. The van der Waals surface area contributed by atoms with Gasteiger partial charge in [0.15, 0.2) is 0 Å². The highest BCUT2D eigenvalue weighted by Crippen LogP contribution is 2.65. The molecular weight excluding hydrogens is 486 g/mol. The number of Topliss-reactive ketones (excluding diaryl/α,β-unsaturated/α-hetero) is 1. The van der Waals surface area contributed by atoms with E-state index in [1.54, 1.807) is 4.90 Å². The van der Waals surface area contributed by atoms with Gasteiger partial charge >= 0.3 is 6.03 Å². The monoisotopic (exact) mass is 531 g/mol. The molecule has 4 rings (SSSR count). The molecule has 0 bridgehead atoms. The Kier molecular flexibility index (Phi) is 7.83. The van der Waals surface area contributed by atoms with E-state index in [2.05, 4.69) is 29.8 Å². The first kappa shape index (κ1) is 28.4. The quantitative estimate of drug-likeness (QED) is 0.335. The summed E-state index contributed by atoms with van der Waals surface area (Å²) >= 11 is 0. The lowest BCUT2D eigenvalue weighted by atomic mass is 9.83. The van der Waals surface area contributed by atoms with Gasteiger partial charge in [0.25, 0.3) is 5.91 Å². The minimum Gasteiger partial charge on any atom is -0.363 e. The van der Waals surface area contributed by atoms with Crippen molar-refractivity contribution in [3.63, 3.8) is 0 Å². The van der Waals surface area contributed by atoms with Crippen molar-refractivity contribution in [2.75, 3.05) is 6.54 Å². The molecular formula is C28H45N5O5. The third-order valence-corrected chi connectivity index (χ3v) is 9.06. The SMILES string of the molecule is CC(C)(C)NC(=O)NC(C(=O)N1C[C@H]2[C@@H](C1C(=O)N[C@@H](CC1CC1)C(=O)C(N)=O)C2(C)C)C1CCCCC1. The van der Waals surface area contributed by atoms with Gasteiger partial charge in [-0.25, -0.2) is 4.79 Å². The van der Waals surface area contributed by atoms with Crippen molar-refractivity contribution in [3.8, 4) is 0 Å². The number of hydrogen-bond donors (Lipinski definition) is 4. The average molecular weight is 532 g/mol. The van der Waals surface area contributed by atoms with E-state index in [1.807, 2.05) is 20.8 Å². The largest absolute Gasteiger partial charge is 0.363 e. The predicted octanol–water partition coefficient (Wildman–Crippen LogP) is 1.86. The van der Waals surface area contributed by atoms with Crippen LogP contribution >= 0.6 is 0 Å². The standard InChI is InChI=1S/C28H45N5O5/c1-27(2,3)32-26(38)31-20(16-9-7-6-8-10-16)25(37)33-14-17-19(28(17,4)5)21(33)24(36)30-18(13-15-11-12-15)22(34)23(29)35/h15-21H,6-14H2,1-5H3,(H2,29,35)(H,30,36)(H2,31,32,38)/t17-,18-,19-,20?,21?/m0/s1. The Morgan fingerprint density at radius 1 is 0.974 bits per heavy atom. The van der Waals surface area contributed by atoms with Gasteiger partial charge in [-0.1, -0.05) is 46.0 Å². The summed E-state index contributed by atoms with van der Waals surface area (Å²) in [6.45, 7) is 10.3. The Morgan fingerprint density at radius 3 is 2.16 bits per heavy atom. The van der Waals surface area contributed by atoms with Crippen LogP contribution in [0.3, 0.4) is 0 Å². The second kappa shape index (κ2) is 10.5. The molecule has 5 atom stereocenters. The summed E-state index contributed by atoms with van der Waals surface area (Å²) in [6.07, 6.45) is 7.07. The number of amides is 5. The summed E-state index contributed by atoms with van der Waals surface area (Å²) in [7, 11) is 0. The molecule has 5 amide bonds. The van der Waals surface area contributed by atoms with E-state index in [0.29, 0.717) is 13.0 Å². The Hall–Kier alpha value is -2.65. The number of likely N-dealkylation sites (tertiary alicyclic amines) is 1. The van der Waals surface area contributed by atoms with Crippen molar-refractivity contribution < 1.29 is 24.0 Å². The number of primary amides is 1. The summed E-state index contributed by atoms with van der Waals surface area (Å²) in [5.41, 5.74) is 4.70. The molecule has 5 N–H and O–H groups in total. The molecule has 10 nitrogen and oxygen atoms in total.